The van der Waals surface area contributed by atoms with Gasteiger partial charge in [-0.05, 0) is 34.5 Å². The van der Waals surface area contributed by atoms with Gasteiger partial charge in [0.05, 0.1) is 5.69 Å². The zero-order valence-corrected chi connectivity index (χ0v) is 12.0. The fraction of sp³-hybridized carbons (Fsp3) is 0.385. The minimum atomic E-state index is -0.596. The second-order valence-electron chi connectivity index (χ2n) is 4.34. The van der Waals surface area contributed by atoms with E-state index in [1.807, 2.05) is 6.92 Å². The molecule has 0 radical (unpaired) electrons. The van der Waals surface area contributed by atoms with Crippen LogP contribution in [0.2, 0.25) is 0 Å². The molecule has 102 valence electrons. The molecule has 0 bridgehead atoms. The van der Waals surface area contributed by atoms with E-state index in [1.165, 1.54) is 11.0 Å². The van der Waals surface area contributed by atoms with Gasteiger partial charge in [-0.25, -0.2) is 4.39 Å². The zero-order chi connectivity index (χ0) is 14.0. The standard InChI is InChI=1S/C13H14BrFN2O2/c1-2-10-13(19)17(7-6-11(18)16-10)12-8(14)4-3-5-9(12)15/h3-5,10H,2,6-7H2,1H3,(H,16,18). The van der Waals surface area contributed by atoms with Crippen molar-refractivity contribution in [3.63, 3.8) is 0 Å². The number of para-hydroxylation sites is 1. The van der Waals surface area contributed by atoms with Crippen molar-refractivity contribution < 1.29 is 14.0 Å². The molecular weight excluding hydrogens is 315 g/mol. The topological polar surface area (TPSA) is 49.4 Å². The van der Waals surface area contributed by atoms with E-state index >= 15 is 0 Å². The Morgan fingerprint density at radius 2 is 2.21 bits per heavy atom. The Balaban J connectivity index is 2.42. The highest BCUT2D eigenvalue weighted by atomic mass is 79.9. The van der Waals surface area contributed by atoms with Gasteiger partial charge in [-0.1, -0.05) is 13.0 Å². The summed E-state index contributed by atoms with van der Waals surface area (Å²) >= 11 is 3.25. The number of nitrogens with one attached hydrogen (secondary N) is 1. The molecule has 1 aromatic rings. The maximum atomic E-state index is 13.9. The van der Waals surface area contributed by atoms with Crippen LogP contribution in [0.3, 0.4) is 0 Å². The molecule has 0 spiro atoms. The van der Waals surface area contributed by atoms with Gasteiger partial charge >= 0.3 is 0 Å². The van der Waals surface area contributed by atoms with Crippen molar-refractivity contribution in [2.45, 2.75) is 25.8 Å². The average Bonchev–Trinajstić information content (AvgIpc) is 2.51. The van der Waals surface area contributed by atoms with E-state index in [0.29, 0.717) is 10.9 Å². The van der Waals surface area contributed by atoms with E-state index in [2.05, 4.69) is 21.2 Å². The monoisotopic (exact) mass is 328 g/mol. The Hall–Kier alpha value is -1.43. The van der Waals surface area contributed by atoms with Crippen LogP contribution in [-0.4, -0.2) is 24.4 Å². The lowest BCUT2D eigenvalue weighted by Gasteiger charge is -2.24. The molecule has 1 aromatic carbocycles. The van der Waals surface area contributed by atoms with Crippen LogP contribution in [0.15, 0.2) is 22.7 Å². The Morgan fingerprint density at radius 1 is 1.47 bits per heavy atom. The fourth-order valence-corrected chi connectivity index (χ4v) is 2.64. The summed E-state index contributed by atoms with van der Waals surface area (Å²) in [4.78, 5) is 25.2. The van der Waals surface area contributed by atoms with Crippen molar-refractivity contribution >= 4 is 33.4 Å². The lowest BCUT2D eigenvalue weighted by molar-refractivity contribution is -0.125. The number of anilines is 1. The number of rotatable bonds is 2. The van der Waals surface area contributed by atoms with Crippen molar-refractivity contribution in [2.24, 2.45) is 0 Å². The van der Waals surface area contributed by atoms with Gasteiger partial charge in [0.15, 0.2) is 0 Å². The van der Waals surface area contributed by atoms with Gasteiger partial charge in [0.1, 0.15) is 11.9 Å². The Labute approximate surface area is 119 Å². The summed E-state index contributed by atoms with van der Waals surface area (Å²) < 4.78 is 14.4. The maximum Gasteiger partial charge on any atom is 0.249 e. The molecule has 4 nitrogen and oxygen atoms in total. The summed E-state index contributed by atoms with van der Waals surface area (Å²) in [5.74, 6) is -0.943. The molecule has 0 aliphatic carbocycles. The van der Waals surface area contributed by atoms with Crippen molar-refractivity contribution in [1.29, 1.82) is 0 Å². The summed E-state index contributed by atoms with van der Waals surface area (Å²) in [6.07, 6.45) is 0.649. The quantitative estimate of drug-likeness (QED) is 0.905. The van der Waals surface area contributed by atoms with Gasteiger partial charge in [0, 0.05) is 17.4 Å². The molecule has 1 saturated heterocycles. The van der Waals surface area contributed by atoms with Crippen LogP contribution in [-0.2, 0) is 9.59 Å². The first-order chi connectivity index (χ1) is 9.04. The lowest BCUT2D eigenvalue weighted by Crippen LogP contribution is -2.44. The van der Waals surface area contributed by atoms with Gasteiger partial charge < -0.3 is 10.2 Å². The number of hydrogen-bond acceptors (Lipinski definition) is 2. The Morgan fingerprint density at radius 3 is 2.84 bits per heavy atom. The normalized spacial score (nSPS) is 20.2. The van der Waals surface area contributed by atoms with E-state index < -0.39 is 11.9 Å². The third-order valence-corrected chi connectivity index (χ3v) is 3.72. The van der Waals surface area contributed by atoms with Gasteiger partial charge in [-0.15, -0.1) is 0 Å². The molecule has 1 unspecified atom stereocenters. The number of amides is 2. The third-order valence-electron chi connectivity index (χ3n) is 3.08. The SMILES string of the molecule is CCC1NC(=O)CCN(c2c(F)cccc2Br)C1=O. The lowest BCUT2D eigenvalue weighted by atomic mass is 10.2. The molecule has 2 rings (SSSR count). The Bertz CT molecular complexity index is 501. The number of carbonyl (C=O) groups is 2. The summed E-state index contributed by atoms with van der Waals surface area (Å²) in [5, 5.41) is 2.65. The van der Waals surface area contributed by atoms with Crippen LogP contribution < -0.4 is 10.2 Å². The van der Waals surface area contributed by atoms with Gasteiger partial charge in [0.2, 0.25) is 11.8 Å². The highest BCUT2D eigenvalue weighted by Crippen LogP contribution is 2.30. The van der Waals surface area contributed by atoms with E-state index in [1.54, 1.807) is 12.1 Å². The second kappa shape index (κ2) is 5.69. The molecule has 1 aliphatic heterocycles. The zero-order valence-electron chi connectivity index (χ0n) is 10.5. The Kier molecular flexibility index (Phi) is 4.19. The number of hydrogen-bond donors (Lipinski definition) is 1. The number of carbonyl (C=O) groups excluding carboxylic acids is 2. The van der Waals surface area contributed by atoms with E-state index in [4.69, 9.17) is 0 Å². The van der Waals surface area contributed by atoms with Gasteiger partial charge in [0.25, 0.3) is 0 Å². The molecule has 1 fully saturated rings. The molecule has 2 amide bonds. The highest BCUT2D eigenvalue weighted by Gasteiger charge is 2.31. The fourth-order valence-electron chi connectivity index (χ4n) is 2.09. The molecule has 1 atom stereocenters. The summed E-state index contributed by atoms with van der Waals surface area (Å²) in [6.45, 7) is 1.99. The molecule has 6 heteroatoms. The van der Waals surface area contributed by atoms with Crippen LogP contribution in [0.5, 0.6) is 0 Å². The smallest absolute Gasteiger partial charge is 0.249 e. The van der Waals surface area contributed by atoms with Crippen LogP contribution in [0.4, 0.5) is 10.1 Å². The minimum Gasteiger partial charge on any atom is -0.344 e. The second-order valence-corrected chi connectivity index (χ2v) is 5.19. The largest absolute Gasteiger partial charge is 0.344 e. The predicted molar refractivity (Wildman–Crippen MR) is 73.3 cm³/mol. The third kappa shape index (κ3) is 2.78. The summed E-state index contributed by atoms with van der Waals surface area (Å²) in [7, 11) is 0. The molecule has 1 aliphatic rings. The van der Waals surface area contributed by atoms with E-state index in [9.17, 15) is 14.0 Å². The van der Waals surface area contributed by atoms with Crippen molar-refractivity contribution in [3.8, 4) is 0 Å². The molecule has 0 aromatic heterocycles. The predicted octanol–water partition coefficient (Wildman–Crippen LogP) is 2.22. The molecular formula is C13H14BrFN2O2. The van der Waals surface area contributed by atoms with Crippen LogP contribution in [0.25, 0.3) is 0 Å². The summed E-state index contributed by atoms with van der Waals surface area (Å²) in [5.41, 5.74) is 0.197. The van der Waals surface area contributed by atoms with E-state index in [-0.39, 0.29) is 30.5 Å². The number of benzene rings is 1. The summed E-state index contributed by atoms with van der Waals surface area (Å²) in [6, 6.07) is 3.94. The highest BCUT2D eigenvalue weighted by molar-refractivity contribution is 9.10. The molecule has 19 heavy (non-hydrogen) atoms. The average molecular weight is 329 g/mol. The molecule has 0 saturated carbocycles. The first-order valence-corrected chi connectivity index (χ1v) is 6.88. The molecule has 1 heterocycles. The minimum absolute atomic E-state index is 0.170. The van der Waals surface area contributed by atoms with Gasteiger partial charge in [-0.3, -0.25) is 9.59 Å². The maximum absolute atomic E-state index is 13.9. The first kappa shape index (κ1) is 14.0. The number of nitrogens with zero attached hydrogens (tertiary/aromatic N) is 1. The van der Waals surface area contributed by atoms with Gasteiger partial charge in [-0.2, -0.15) is 0 Å². The van der Waals surface area contributed by atoms with Crippen LogP contribution in [0, 0.1) is 5.82 Å². The van der Waals surface area contributed by atoms with Crippen LogP contribution in [0.1, 0.15) is 19.8 Å². The number of halogens is 2. The van der Waals surface area contributed by atoms with Crippen molar-refractivity contribution in [3.05, 3.63) is 28.5 Å². The molecule has 1 N–H and O–H groups in total. The first-order valence-electron chi connectivity index (χ1n) is 6.09. The van der Waals surface area contributed by atoms with Crippen LogP contribution >= 0.6 is 15.9 Å². The van der Waals surface area contributed by atoms with E-state index in [0.717, 1.165) is 0 Å². The van der Waals surface area contributed by atoms with Crippen molar-refractivity contribution in [2.75, 3.05) is 11.4 Å². The van der Waals surface area contributed by atoms with Crippen molar-refractivity contribution in [1.82, 2.24) is 5.32 Å².